The van der Waals surface area contributed by atoms with Crippen LogP contribution in [-0.4, -0.2) is 14.8 Å². The molecule has 81 valence electrons. The Morgan fingerprint density at radius 1 is 1.40 bits per heavy atom. The smallest absolute Gasteiger partial charge is 0.150 e. The van der Waals surface area contributed by atoms with Crippen molar-refractivity contribution in [2.24, 2.45) is 0 Å². The fourth-order valence-corrected chi connectivity index (χ4v) is 1.28. The van der Waals surface area contributed by atoms with Crippen LogP contribution in [0.15, 0.2) is 30.6 Å². The molecule has 1 aromatic heterocycles. The number of aromatic nitrogens is 3. The van der Waals surface area contributed by atoms with E-state index in [2.05, 4.69) is 23.1 Å². The Balaban J connectivity index is 0.00000112. The molecule has 1 heterocycles. The number of para-hydroxylation sites is 1. The summed E-state index contributed by atoms with van der Waals surface area (Å²) in [5.41, 5.74) is 0.933. The van der Waals surface area contributed by atoms with Crippen LogP contribution in [0.5, 0.6) is 0 Å². The molecule has 0 aliphatic heterocycles. The van der Waals surface area contributed by atoms with Gasteiger partial charge in [0.1, 0.15) is 6.33 Å². The maximum absolute atomic E-state index is 4.34. The first-order valence-electron chi connectivity index (χ1n) is 4.78. The van der Waals surface area contributed by atoms with Gasteiger partial charge in [0.2, 0.25) is 0 Å². The Labute approximate surface area is 103 Å². The van der Waals surface area contributed by atoms with Gasteiger partial charge in [0, 0.05) is 26.5 Å². The first-order chi connectivity index (χ1) is 6.90. The summed E-state index contributed by atoms with van der Waals surface area (Å²) in [6.07, 6.45) is 3.74. The van der Waals surface area contributed by atoms with Gasteiger partial charge in [-0.25, -0.2) is 9.67 Å². The first-order valence-corrected chi connectivity index (χ1v) is 4.78. The van der Waals surface area contributed by atoms with Crippen LogP contribution in [0.2, 0.25) is 0 Å². The van der Waals surface area contributed by atoms with E-state index in [0.29, 0.717) is 0 Å². The molecule has 0 amide bonds. The van der Waals surface area contributed by atoms with Gasteiger partial charge in [0.15, 0.2) is 5.82 Å². The van der Waals surface area contributed by atoms with Gasteiger partial charge in [0.05, 0.1) is 0 Å². The molecule has 1 aromatic carbocycles. The van der Waals surface area contributed by atoms with Crippen molar-refractivity contribution in [1.82, 2.24) is 14.8 Å². The third-order valence-electron chi connectivity index (χ3n) is 1.95. The Hall–Kier alpha value is -0.991. The molecule has 2 rings (SSSR count). The number of nitrogens with zero attached hydrogens (tertiary/aromatic N) is 3. The maximum atomic E-state index is 4.34. The Bertz CT molecular complexity index is 397. The summed E-state index contributed by atoms with van der Waals surface area (Å²) < 4.78 is 1.75. The molecule has 15 heavy (non-hydrogen) atoms. The van der Waals surface area contributed by atoms with Gasteiger partial charge < -0.3 is 0 Å². The molecule has 0 atom stereocenters. The molecule has 0 aliphatic carbocycles. The first kappa shape index (κ1) is 12.1. The van der Waals surface area contributed by atoms with Crippen molar-refractivity contribution in [3.8, 4) is 5.69 Å². The Morgan fingerprint density at radius 3 is 2.93 bits per heavy atom. The summed E-state index contributed by atoms with van der Waals surface area (Å²) in [5, 5.41) is 4.34. The molecule has 2 aromatic rings. The van der Waals surface area contributed by atoms with Crippen molar-refractivity contribution in [1.29, 1.82) is 0 Å². The minimum Gasteiger partial charge on any atom is -0.245 e. The molecule has 0 N–H and O–H groups in total. The van der Waals surface area contributed by atoms with Crippen molar-refractivity contribution < 1.29 is 20.1 Å². The van der Waals surface area contributed by atoms with Crippen LogP contribution in [0, 0.1) is 6.07 Å². The van der Waals surface area contributed by atoms with Crippen LogP contribution >= 0.6 is 0 Å². The van der Waals surface area contributed by atoms with Crippen LogP contribution in [-0.2, 0) is 26.5 Å². The molecular formula is C11H12IrN3-. The number of aryl methyl sites for hydroxylation is 1. The second kappa shape index (κ2) is 5.78. The monoisotopic (exact) mass is 379 g/mol. The number of hydrogen-bond acceptors (Lipinski definition) is 2. The standard InChI is InChI=1S/C11H12N3.Ir/c1-2-6-11-12-9-14(13-11)10-7-4-3-5-8-10;/h3-5,7,9H,2,6H2,1H3;/q-1;. The van der Waals surface area contributed by atoms with E-state index in [0.717, 1.165) is 24.4 Å². The van der Waals surface area contributed by atoms with Crippen molar-refractivity contribution >= 4 is 0 Å². The van der Waals surface area contributed by atoms with Crippen molar-refractivity contribution in [3.05, 3.63) is 42.5 Å². The summed E-state index contributed by atoms with van der Waals surface area (Å²) in [6.45, 7) is 2.12. The Morgan fingerprint density at radius 2 is 2.27 bits per heavy atom. The van der Waals surface area contributed by atoms with E-state index in [-0.39, 0.29) is 20.1 Å². The van der Waals surface area contributed by atoms with Crippen molar-refractivity contribution in [3.63, 3.8) is 0 Å². The molecule has 0 aliphatic rings. The summed E-state index contributed by atoms with van der Waals surface area (Å²) in [5.74, 6) is 0.893. The summed E-state index contributed by atoms with van der Waals surface area (Å²) in [7, 11) is 0. The summed E-state index contributed by atoms with van der Waals surface area (Å²) >= 11 is 0. The normalized spacial score (nSPS) is 9.67. The number of hydrogen-bond donors (Lipinski definition) is 0. The van der Waals surface area contributed by atoms with Crippen LogP contribution in [0.25, 0.3) is 5.69 Å². The zero-order valence-corrected chi connectivity index (χ0v) is 10.9. The average Bonchev–Trinajstić information content (AvgIpc) is 2.68. The average molecular weight is 378 g/mol. The Kier molecular flexibility index (Phi) is 4.66. The minimum atomic E-state index is 0. The molecule has 0 fully saturated rings. The molecule has 3 nitrogen and oxygen atoms in total. The molecule has 0 saturated heterocycles. The molecule has 0 saturated carbocycles. The molecule has 0 bridgehead atoms. The zero-order chi connectivity index (χ0) is 9.80. The number of benzene rings is 1. The summed E-state index contributed by atoms with van der Waals surface area (Å²) in [6, 6.07) is 10.8. The van der Waals surface area contributed by atoms with E-state index >= 15 is 0 Å². The van der Waals surface area contributed by atoms with E-state index in [4.69, 9.17) is 0 Å². The molecule has 0 spiro atoms. The van der Waals surface area contributed by atoms with Crippen LogP contribution in [0.4, 0.5) is 0 Å². The second-order valence-corrected chi connectivity index (χ2v) is 3.10. The van der Waals surface area contributed by atoms with E-state index in [1.54, 1.807) is 11.0 Å². The van der Waals surface area contributed by atoms with E-state index in [9.17, 15) is 0 Å². The molecule has 0 unspecified atom stereocenters. The van der Waals surface area contributed by atoms with Crippen LogP contribution in [0.3, 0.4) is 0 Å². The van der Waals surface area contributed by atoms with Gasteiger partial charge in [-0.3, -0.25) is 0 Å². The van der Waals surface area contributed by atoms with Gasteiger partial charge in [-0.05, 0) is 12.1 Å². The van der Waals surface area contributed by atoms with Crippen molar-refractivity contribution in [2.75, 3.05) is 0 Å². The van der Waals surface area contributed by atoms with Gasteiger partial charge in [-0.15, -0.1) is 6.07 Å². The predicted molar refractivity (Wildman–Crippen MR) is 54.2 cm³/mol. The SMILES string of the molecule is CCCc1ncn(-c2[c-]cccc2)n1.[Ir]. The van der Waals surface area contributed by atoms with E-state index < -0.39 is 0 Å². The van der Waals surface area contributed by atoms with Gasteiger partial charge >= 0.3 is 0 Å². The topological polar surface area (TPSA) is 30.7 Å². The summed E-state index contributed by atoms with van der Waals surface area (Å²) in [4.78, 5) is 4.21. The fraction of sp³-hybridized carbons (Fsp3) is 0.273. The molecule has 4 heteroatoms. The van der Waals surface area contributed by atoms with E-state index in [1.165, 1.54) is 0 Å². The second-order valence-electron chi connectivity index (χ2n) is 3.10. The number of rotatable bonds is 3. The van der Waals surface area contributed by atoms with Crippen LogP contribution in [0.1, 0.15) is 19.2 Å². The largest absolute Gasteiger partial charge is 0.245 e. The van der Waals surface area contributed by atoms with Crippen LogP contribution < -0.4 is 0 Å². The molecular weight excluding hydrogens is 366 g/mol. The molecule has 1 radical (unpaired) electrons. The third kappa shape index (κ3) is 2.98. The minimum absolute atomic E-state index is 0. The fourth-order valence-electron chi connectivity index (χ4n) is 1.28. The van der Waals surface area contributed by atoms with Gasteiger partial charge in [-0.1, -0.05) is 6.92 Å². The zero-order valence-electron chi connectivity index (χ0n) is 8.48. The predicted octanol–water partition coefficient (Wildman–Crippen LogP) is 2.02. The van der Waals surface area contributed by atoms with Crippen molar-refractivity contribution in [2.45, 2.75) is 19.8 Å². The third-order valence-corrected chi connectivity index (χ3v) is 1.95. The van der Waals surface area contributed by atoms with Gasteiger partial charge in [0.25, 0.3) is 0 Å². The quantitative estimate of drug-likeness (QED) is 0.765. The van der Waals surface area contributed by atoms with E-state index in [1.807, 2.05) is 24.3 Å². The van der Waals surface area contributed by atoms with Gasteiger partial charge in [-0.2, -0.15) is 29.4 Å². The maximum Gasteiger partial charge on any atom is 0.150 e.